The quantitative estimate of drug-likeness (QED) is 0.677. The van der Waals surface area contributed by atoms with Crippen LogP contribution in [0.2, 0.25) is 0 Å². The lowest BCUT2D eigenvalue weighted by atomic mass is 10.0. The largest absolute Gasteiger partial charge is 0.417 e. The molecule has 86 valence electrons. The Kier molecular flexibility index (Phi) is 3.61. The Balaban J connectivity index is 3.26. The molecule has 1 nitrogen and oxygen atoms in total. The van der Waals surface area contributed by atoms with Gasteiger partial charge >= 0.3 is 6.18 Å². The lowest BCUT2D eigenvalue weighted by Crippen LogP contribution is -2.08. The highest BCUT2D eigenvalue weighted by atomic mass is 19.4. The third-order valence-corrected chi connectivity index (χ3v) is 1.90. The predicted octanol–water partition coefficient (Wildman–Crippen LogP) is 2.75. The molecule has 1 rings (SSSR count). The van der Waals surface area contributed by atoms with Crippen molar-refractivity contribution in [3.8, 4) is 11.8 Å². The van der Waals surface area contributed by atoms with E-state index in [1.807, 2.05) is 0 Å². The average molecular weight is 228 g/mol. The molecular weight excluding hydrogens is 217 g/mol. The molecule has 1 aromatic rings. The fourth-order valence-electron chi connectivity index (χ4n) is 1.18. The van der Waals surface area contributed by atoms with Gasteiger partial charge in [0.2, 0.25) is 0 Å². The number of aliphatic hydroxyl groups excluding tert-OH is 1. The molecule has 1 atom stereocenters. The van der Waals surface area contributed by atoms with Gasteiger partial charge in [-0.3, -0.25) is 0 Å². The zero-order valence-electron chi connectivity index (χ0n) is 8.89. The third-order valence-electron chi connectivity index (χ3n) is 1.90. The number of halogens is 3. The van der Waals surface area contributed by atoms with E-state index >= 15 is 0 Å². The van der Waals surface area contributed by atoms with Gasteiger partial charge in [0.05, 0.1) is 5.56 Å². The molecule has 1 unspecified atom stereocenters. The van der Waals surface area contributed by atoms with Gasteiger partial charge < -0.3 is 5.11 Å². The van der Waals surface area contributed by atoms with E-state index in [4.69, 9.17) is 5.11 Å². The molecule has 0 spiro atoms. The van der Waals surface area contributed by atoms with Gasteiger partial charge in [0.15, 0.2) is 0 Å². The first-order valence-corrected chi connectivity index (χ1v) is 4.68. The zero-order chi connectivity index (χ0) is 12.3. The highest BCUT2D eigenvalue weighted by molar-refractivity contribution is 5.45. The van der Waals surface area contributed by atoms with Gasteiger partial charge in [-0.15, -0.1) is 0 Å². The monoisotopic (exact) mass is 228 g/mol. The van der Waals surface area contributed by atoms with Crippen molar-refractivity contribution in [3.63, 3.8) is 0 Å². The molecule has 0 saturated carbocycles. The number of aryl methyl sites for hydroxylation is 1. The SMILES string of the molecule is Cc1ccc(C#CC(C)O)c(C(F)(F)F)c1. The van der Waals surface area contributed by atoms with E-state index in [1.165, 1.54) is 13.0 Å². The number of rotatable bonds is 0. The summed E-state index contributed by atoms with van der Waals surface area (Å²) >= 11 is 0. The predicted molar refractivity (Wildman–Crippen MR) is 54.7 cm³/mol. The lowest BCUT2D eigenvalue weighted by Gasteiger charge is -2.09. The summed E-state index contributed by atoms with van der Waals surface area (Å²) < 4.78 is 37.9. The molecular formula is C12H11F3O. The molecule has 0 amide bonds. The maximum atomic E-state index is 12.6. The number of benzene rings is 1. The standard InChI is InChI=1S/C12H11F3O/c1-8-3-5-10(6-4-9(2)16)11(7-8)12(13,14)15/h3,5,7,9,16H,1-2H3. The van der Waals surface area contributed by atoms with Crippen molar-refractivity contribution >= 4 is 0 Å². The fourth-order valence-corrected chi connectivity index (χ4v) is 1.18. The minimum absolute atomic E-state index is 0.112. The van der Waals surface area contributed by atoms with E-state index in [-0.39, 0.29) is 5.56 Å². The van der Waals surface area contributed by atoms with E-state index in [1.54, 1.807) is 13.0 Å². The highest BCUT2D eigenvalue weighted by Crippen LogP contribution is 2.32. The molecule has 0 aromatic heterocycles. The van der Waals surface area contributed by atoms with Gasteiger partial charge in [-0.25, -0.2) is 0 Å². The molecule has 1 N–H and O–H groups in total. The summed E-state index contributed by atoms with van der Waals surface area (Å²) in [7, 11) is 0. The number of alkyl halides is 3. The number of aliphatic hydroxyl groups is 1. The summed E-state index contributed by atoms with van der Waals surface area (Å²) in [5, 5.41) is 8.91. The summed E-state index contributed by atoms with van der Waals surface area (Å²) in [4.78, 5) is 0. The van der Waals surface area contributed by atoms with E-state index in [0.29, 0.717) is 5.56 Å². The van der Waals surface area contributed by atoms with Gasteiger partial charge in [-0.05, 0) is 26.0 Å². The lowest BCUT2D eigenvalue weighted by molar-refractivity contribution is -0.137. The smallest absolute Gasteiger partial charge is 0.381 e. The van der Waals surface area contributed by atoms with Crippen LogP contribution in [0.1, 0.15) is 23.6 Å². The van der Waals surface area contributed by atoms with Crippen molar-refractivity contribution in [1.29, 1.82) is 0 Å². The molecule has 0 heterocycles. The number of hydrogen-bond donors (Lipinski definition) is 1. The molecule has 16 heavy (non-hydrogen) atoms. The third kappa shape index (κ3) is 3.28. The van der Waals surface area contributed by atoms with E-state index in [9.17, 15) is 13.2 Å². The van der Waals surface area contributed by atoms with Gasteiger partial charge in [-0.1, -0.05) is 23.5 Å². The van der Waals surface area contributed by atoms with Crippen LogP contribution in [0, 0.1) is 18.8 Å². The van der Waals surface area contributed by atoms with E-state index < -0.39 is 17.8 Å². The van der Waals surface area contributed by atoms with Crippen molar-refractivity contribution in [2.24, 2.45) is 0 Å². The second-order valence-electron chi connectivity index (χ2n) is 3.49. The van der Waals surface area contributed by atoms with Crippen LogP contribution in [0.3, 0.4) is 0 Å². The molecule has 0 saturated heterocycles. The average Bonchev–Trinajstić information content (AvgIpc) is 2.14. The zero-order valence-corrected chi connectivity index (χ0v) is 8.89. The highest BCUT2D eigenvalue weighted by Gasteiger charge is 2.33. The summed E-state index contributed by atoms with van der Waals surface area (Å²) in [5.41, 5.74) is -0.352. The summed E-state index contributed by atoms with van der Waals surface area (Å²) in [5.74, 6) is 4.63. The molecule has 0 aliphatic rings. The van der Waals surface area contributed by atoms with Crippen LogP contribution in [-0.2, 0) is 6.18 Å². The Morgan fingerprint density at radius 1 is 1.31 bits per heavy atom. The summed E-state index contributed by atoms with van der Waals surface area (Å²) in [6.07, 6.45) is -5.36. The number of hydrogen-bond acceptors (Lipinski definition) is 1. The molecule has 0 aliphatic heterocycles. The first-order valence-electron chi connectivity index (χ1n) is 4.68. The Labute approximate surface area is 91.9 Å². The van der Waals surface area contributed by atoms with Gasteiger partial charge in [0.1, 0.15) is 6.10 Å². The first-order chi connectivity index (χ1) is 7.30. The van der Waals surface area contributed by atoms with Crippen molar-refractivity contribution in [1.82, 2.24) is 0 Å². The molecule has 0 aliphatic carbocycles. The van der Waals surface area contributed by atoms with Crippen molar-refractivity contribution in [3.05, 3.63) is 34.9 Å². The van der Waals surface area contributed by atoms with Crippen molar-refractivity contribution in [2.45, 2.75) is 26.1 Å². The topological polar surface area (TPSA) is 20.2 Å². The van der Waals surface area contributed by atoms with Crippen LogP contribution in [-0.4, -0.2) is 11.2 Å². The molecule has 1 aromatic carbocycles. The normalized spacial score (nSPS) is 12.9. The fraction of sp³-hybridized carbons (Fsp3) is 0.333. The summed E-state index contributed by atoms with van der Waals surface area (Å²) in [6, 6.07) is 3.92. The summed E-state index contributed by atoms with van der Waals surface area (Å²) in [6.45, 7) is 2.98. The Bertz CT molecular complexity index is 436. The van der Waals surface area contributed by atoms with Gasteiger partial charge in [-0.2, -0.15) is 13.2 Å². The Morgan fingerprint density at radius 2 is 1.94 bits per heavy atom. The van der Waals surface area contributed by atoms with Crippen LogP contribution >= 0.6 is 0 Å². The van der Waals surface area contributed by atoms with E-state index in [0.717, 1.165) is 6.07 Å². The van der Waals surface area contributed by atoms with E-state index in [2.05, 4.69) is 11.8 Å². The molecule has 0 fully saturated rings. The Morgan fingerprint density at radius 3 is 2.44 bits per heavy atom. The van der Waals surface area contributed by atoms with Crippen molar-refractivity contribution < 1.29 is 18.3 Å². The van der Waals surface area contributed by atoms with Gasteiger partial charge in [0, 0.05) is 5.56 Å². The van der Waals surface area contributed by atoms with Crippen LogP contribution in [0.25, 0.3) is 0 Å². The van der Waals surface area contributed by atoms with Crippen molar-refractivity contribution in [2.75, 3.05) is 0 Å². The minimum Gasteiger partial charge on any atom is -0.381 e. The maximum absolute atomic E-state index is 12.6. The van der Waals surface area contributed by atoms with Gasteiger partial charge in [0.25, 0.3) is 0 Å². The molecule has 0 radical (unpaired) electrons. The molecule has 0 bridgehead atoms. The van der Waals surface area contributed by atoms with Crippen LogP contribution < -0.4 is 0 Å². The molecule has 4 heteroatoms. The maximum Gasteiger partial charge on any atom is 0.417 e. The van der Waals surface area contributed by atoms with Crippen LogP contribution in [0.5, 0.6) is 0 Å². The minimum atomic E-state index is -4.42. The first kappa shape index (κ1) is 12.6. The second kappa shape index (κ2) is 4.58. The van der Waals surface area contributed by atoms with Crippen LogP contribution in [0.15, 0.2) is 18.2 Å². The Hall–Kier alpha value is -1.47. The second-order valence-corrected chi connectivity index (χ2v) is 3.49. The van der Waals surface area contributed by atoms with Crippen LogP contribution in [0.4, 0.5) is 13.2 Å².